The molecule has 4 saturated carbocycles. The first-order chi connectivity index (χ1) is 18.0. The molecule has 1 unspecified atom stereocenters. The van der Waals surface area contributed by atoms with E-state index in [0.717, 1.165) is 48.3 Å². The van der Waals surface area contributed by atoms with E-state index in [1.807, 2.05) is 18.2 Å². The highest BCUT2D eigenvalue weighted by Gasteiger charge is 2.50. The van der Waals surface area contributed by atoms with Gasteiger partial charge < -0.3 is 10.2 Å². The van der Waals surface area contributed by atoms with Crippen molar-refractivity contribution in [2.45, 2.75) is 102 Å². The summed E-state index contributed by atoms with van der Waals surface area (Å²) in [7, 11) is 0. The van der Waals surface area contributed by atoms with Gasteiger partial charge >= 0.3 is 0 Å². The average molecular weight is 502 g/mol. The fourth-order valence-electron chi connectivity index (χ4n) is 8.23. The van der Waals surface area contributed by atoms with Crippen LogP contribution in [0.5, 0.6) is 0 Å². The lowest BCUT2D eigenvalue weighted by Crippen LogP contribution is -2.58. The van der Waals surface area contributed by atoms with E-state index in [0.29, 0.717) is 24.1 Å². The predicted molar refractivity (Wildman–Crippen MR) is 141 cm³/mol. The van der Waals surface area contributed by atoms with Crippen LogP contribution in [0, 0.1) is 29.6 Å². The van der Waals surface area contributed by atoms with Crippen molar-refractivity contribution in [3.63, 3.8) is 0 Å². The molecule has 1 atom stereocenters. The molecule has 2 heterocycles. The number of carbonyl (C=O) groups is 3. The number of rotatable bonds is 8. The minimum absolute atomic E-state index is 0.143. The lowest BCUT2D eigenvalue weighted by molar-refractivity contribution is -0.136. The number of imide groups is 1. The van der Waals surface area contributed by atoms with Crippen LogP contribution >= 0.6 is 0 Å². The SMILES string of the molecule is O=C1CCC(N2Cc3c(C#CCCCCCCNC45CC6CC(CC(C6)C4)C5)cccc3C2=O)C(=O)N1. The van der Waals surface area contributed by atoms with Crippen LogP contribution < -0.4 is 10.6 Å². The Labute approximate surface area is 220 Å². The Morgan fingerprint density at radius 2 is 1.70 bits per heavy atom. The maximum absolute atomic E-state index is 13.0. The lowest BCUT2D eigenvalue weighted by Gasteiger charge is -2.57. The number of hydrogen-bond acceptors (Lipinski definition) is 4. The fourth-order valence-corrected chi connectivity index (χ4v) is 8.23. The zero-order valence-corrected chi connectivity index (χ0v) is 21.8. The maximum atomic E-state index is 13.0. The number of piperidine rings is 1. The number of fused-ring (bicyclic) bond motifs is 1. The molecular formula is C31H39N3O3. The monoisotopic (exact) mass is 501 g/mol. The zero-order valence-electron chi connectivity index (χ0n) is 21.8. The van der Waals surface area contributed by atoms with Crippen LogP contribution in [0.15, 0.2) is 18.2 Å². The molecule has 0 radical (unpaired) electrons. The van der Waals surface area contributed by atoms with Crippen LogP contribution in [-0.4, -0.2) is 40.7 Å². The van der Waals surface area contributed by atoms with Gasteiger partial charge in [-0.3, -0.25) is 19.7 Å². The van der Waals surface area contributed by atoms with Gasteiger partial charge in [-0.1, -0.05) is 30.7 Å². The Kier molecular flexibility index (Phi) is 6.84. The van der Waals surface area contributed by atoms with Crippen molar-refractivity contribution in [2.24, 2.45) is 17.8 Å². The summed E-state index contributed by atoms with van der Waals surface area (Å²) in [4.78, 5) is 38.3. The van der Waals surface area contributed by atoms with Crippen LogP contribution in [0.3, 0.4) is 0 Å². The molecule has 7 rings (SSSR count). The van der Waals surface area contributed by atoms with Crippen molar-refractivity contribution < 1.29 is 14.4 Å². The highest BCUT2D eigenvalue weighted by molar-refractivity contribution is 6.05. The summed E-state index contributed by atoms with van der Waals surface area (Å²) in [6.45, 7) is 1.54. The number of nitrogens with one attached hydrogen (secondary N) is 2. The minimum atomic E-state index is -0.587. The number of nitrogens with zero attached hydrogens (tertiary/aromatic N) is 1. The third kappa shape index (κ3) is 5.08. The summed E-state index contributed by atoms with van der Waals surface area (Å²) in [6, 6.07) is 5.05. The first-order valence-electron chi connectivity index (χ1n) is 14.5. The largest absolute Gasteiger partial charge is 0.322 e. The second-order valence-electron chi connectivity index (χ2n) is 12.3. The minimum Gasteiger partial charge on any atom is -0.322 e. The van der Waals surface area contributed by atoms with Gasteiger partial charge in [0.2, 0.25) is 11.8 Å². The van der Waals surface area contributed by atoms with E-state index < -0.39 is 6.04 Å². The maximum Gasteiger partial charge on any atom is 0.255 e. The van der Waals surface area contributed by atoms with Crippen molar-refractivity contribution in [1.82, 2.24) is 15.5 Å². The summed E-state index contributed by atoms with van der Waals surface area (Å²) in [6.07, 6.45) is 15.1. The molecule has 5 fully saturated rings. The molecule has 3 amide bonds. The third-order valence-corrected chi connectivity index (χ3v) is 9.57. The molecule has 1 saturated heterocycles. The molecule has 2 N–H and O–H groups in total. The number of hydrogen-bond donors (Lipinski definition) is 2. The molecule has 2 aliphatic heterocycles. The zero-order chi connectivity index (χ0) is 25.4. The second kappa shape index (κ2) is 10.3. The Bertz CT molecular complexity index is 1110. The van der Waals surface area contributed by atoms with Crippen molar-refractivity contribution in [1.29, 1.82) is 0 Å². The van der Waals surface area contributed by atoms with Crippen molar-refractivity contribution >= 4 is 17.7 Å². The standard InChI is InChI=1S/C31H39N3O3/c35-28-12-11-27(29(36)33-28)34-20-26-24(9-7-10-25(26)30(34)37)8-5-3-1-2-4-6-13-32-31-17-21-14-22(18-31)16-23(15-21)19-31/h7,9-10,21-23,27,32H,1-4,6,11-20H2,(H,33,35,36). The second-order valence-corrected chi connectivity index (χ2v) is 12.3. The van der Waals surface area contributed by atoms with Crippen LogP contribution in [-0.2, 0) is 16.1 Å². The Hall–Kier alpha value is -2.65. The fraction of sp³-hybridized carbons (Fsp3) is 0.645. The molecule has 1 aromatic rings. The number of carbonyl (C=O) groups excluding carboxylic acids is 3. The van der Waals surface area contributed by atoms with Crippen molar-refractivity contribution in [2.75, 3.05) is 6.54 Å². The first kappa shape index (κ1) is 24.7. The van der Waals surface area contributed by atoms with Gasteiger partial charge in [0.25, 0.3) is 5.91 Å². The van der Waals surface area contributed by atoms with Crippen LogP contribution in [0.2, 0.25) is 0 Å². The van der Waals surface area contributed by atoms with E-state index >= 15 is 0 Å². The number of benzene rings is 1. The summed E-state index contributed by atoms with van der Waals surface area (Å²) >= 11 is 0. The van der Waals surface area contributed by atoms with Crippen molar-refractivity contribution in [3.05, 3.63) is 34.9 Å². The topological polar surface area (TPSA) is 78.5 Å². The van der Waals surface area contributed by atoms with Gasteiger partial charge in [0.15, 0.2) is 0 Å². The van der Waals surface area contributed by atoms with E-state index in [2.05, 4.69) is 22.5 Å². The molecular weight excluding hydrogens is 462 g/mol. The van der Waals surface area contributed by atoms with Crippen molar-refractivity contribution in [3.8, 4) is 11.8 Å². The molecule has 6 heteroatoms. The summed E-state index contributed by atoms with van der Waals surface area (Å²) in [5.74, 6) is 8.82. The van der Waals surface area contributed by atoms with Gasteiger partial charge in [-0.25, -0.2) is 0 Å². The Morgan fingerprint density at radius 1 is 0.973 bits per heavy atom. The van der Waals surface area contributed by atoms with E-state index in [-0.39, 0.29) is 24.1 Å². The smallest absolute Gasteiger partial charge is 0.255 e. The van der Waals surface area contributed by atoms with Gasteiger partial charge in [-0.2, -0.15) is 0 Å². The number of unbranched alkanes of at least 4 members (excludes halogenated alkanes) is 4. The molecule has 196 valence electrons. The lowest BCUT2D eigenvalue weighted by atomic mass is 9.53. The third-order valence-electron chi connectivity index (χ3n) is 9.57. The quantitative estimate of drug-likeness (QED) is 0.316. The average Bonchev–Trinajstić information content (AvgIpc) is 3.19. The van der Waals surface area contributed by atoms with Gasteiger partial charge in [0, 0.05) is 36.1 Å². The van der Waals surface area contributed by atoms with E-state index in [1.165, 1.54) is 57.8 Å². The van der Waals surface area contributed by atoms with Gasteiger partial charge in [0.1, 0.15) is 6.04 Å². The van der Waals surface area contributed by atoms with E-state index in [9.17, 15) is 14.4 Å². The molecule has 4 aliphatic carbocycles. The van der Waals surface area contributed by atoms with Crippen LogP contribution in [0.4, 0.5) is 0 Å². The molecule has 0 aromatic heterocycles. The summed E-state index contributed by atoms with van der Waals surface area (Å²) < 4.78 is 0. The normalized spacial score (nSPS) is 31.8. The Balaban J connectivity index is 0.939. The van der Waals surface area contributed by atoms with Gasteiger partial charge in [-0.15, -0.1) is 0 Å². The highest BCUT2D eigenvalue weighted by atomic mass is 16.2. The molecule has 37 heavy (non-hydrogen) atoms. The van der Waals surface area contributed by atoms with Gasteiger partial charge in [-0.05, 0) is 99.8 Å². The predicted octanol–water partition coefficient (Wildman–Crippen LogP) is 4.31. The first-order valence-corrected chi connectivity index (χ1v) is 14.5. The Morgan fingerprint density at radius 3 is 2.43 bits per heavy atom. The van der Waals surface area contributed by atoms with E-state index in [1.54, 1.807) is 4.90 Å². The van der Waals surface area contributed by atoms with Gasteiger partial charge in [0.05, 0.1) is 0 Å². The molecule has 1 aromatic carbocycles. The molecule has 6 nitrogen and oxygen atoms in total. The number of amides is 3. The van der Waals surface area contributed by atoms with Crippen LogP contribution in [0.25, 0.3) is 0 Å². The molecule has 4 bridgehead atoms. The summed E-state index contributed by atoms with van der Waals surface area (Å²) in [5.41, 5.74) is 2.88. The highest BCUT2D eigenvalue weighted by Crippen LogP contribution is 2.55. The molecule has 0 spiro atoms. The van der Waals surface area contributed by atoms with Crippen LogP contribution in [0.1, 0.15) is 105 Å². The van der Waals surface area contributed by atoms with E-state index in [4.69, 9.17) is 0 Å². The molecule has 6 aliphatic rings. The summed E-state index contributed by atoms with van der Waals surface area (Å²) in [5, 5.41) is 6.37.